The van der Waals surface area contributed by atoms with E-state index in [4.69, 9.17) is 0 Å². The number of fused-ring (bicyclic) bond motifs is 1. The molecule has 0 saturated carbocycles. The van der Waals surface area contributed by atoms with Gasteiger partial charge in [-0.25, -0.2) is 4.98 Å². The Morgan fingerprint density at radius 3 is 2.52 bits per heavy atom. The molecule has 0 spiro atoms. The van der Waals surface area contributed by atoms with Crippen LogP contribution in [0.3, 0.4) is 0 Å². The number of aromatic amines is 1. The molecule has 2 aromatic carbocycles. The summed E-state index contributed by atoms with van der Waals surface area (Å²) < 4.78 is 0. The van der Waals surface area contributed by atoms with Gasteiger partial charge in [0, 0.05) is 6.42 Å². The maximum atomic E-state index is 10.2. The number of hydrogen-bond acceptors (Lipinski definition) is 3. The van der Waals surface area contributed by atoms with Crippen molar-refractivity contribution in [3.8, 4) is 6.07 Å². The van der Waals surface area contributed by atoms with Gasteiger partial charge in [0.05, 0.1) is 11.0 Å². The van der Waals surface area contributed by atoms with Crippen molar-refractivity contribution in [1.82, 2.24) is 9.97 Å². The maximum Gasteiger partial charge on any atom is 0.152 e. The minimum Gasteiger partial charge on any atom is -0.510 e. The molecule has 0 atom stereocenters. The predicted octanol–water partition coefficient (Wildman–Crippen LogP) is 3.60. The molecule has 0 amide bonds. The number of allylic oxidation sites excluding steroid dienone is 2. The fraction of sp³-hybridized carbons (Fsp3) is 0.0588. The van der Waals surface area contributed by atoms with Crippen molar-refractivity contribution in [3.05, 3.63) is 71.7 Å². The molecule has 0 aliphatic rings. The van der Waals surface area contributed by atoms with Gasteiger partial charge in [-0.1, -0.05) is 42.5 Å². The van der Waals surface area contributed by atoms with E-state index in [1.807, 2.05) is 60.7 Å². The Bertz CT molecular complexity index is 808. The highest BCUT2D eigenvalue weighted by molar-refractivity contribution is 5.82. The zero-order valence-corrected chi connectivity index (χ0v) is 11.2. The number of aliphatic hydroxyl groups excluding tert-OH is 1. The van der Waals surface area contributed by atoms with E-state index >= 15 is 0 Å². The van der Waals surface area contributed by atoms with Gasteiger partial charge in [0.15, 0.2) is 5.82 Å². The second-order valence-electron chi connectivity index (χ2n) is 4.70. The van der Waals surface area contributed by atoms with Crippen LogP contribution < -0.4 is 0 Å². The quantitative estimate of drug-likeness (QED) is 0.566. The predicted molar refractivity (Wildman–Crippen MR) is 81.4 cm³/mol. The molecule has 0 fully saturated rings. The molecule has 0 radical (unpaired) electrons. The first-order valence-electron chi connectivity index (χ1n) is 6.59. The lowest BCUT2D eigenvalue weighted by atomic mass is 10.1. The number of nitriles is 1. The molecule has 3 aromatic rings. The van der Waals surface area contributed by atoms with E-state index in [1.165, 1.54) is 0 Å². The molecule has 3 rings (SSSR count). The van der Waals surface area contributed by atoms with Crippen molar-refractivity contribution >= 4 is 16.6 Å². The third kappa shape index (κ3) is 2.63. The van der Waals surface area contributed by atoms with Crippen LogP contribution in [0.2, 0.25) is 0 Å². The summed E-state index contributed by atoms with van der Waals surface area (Å²) in [7, 11) is 0. The number of rotatable bonds is 3. The SMILES string of the molecule is N#CC(=C(O)Cc1ccccc1)c1nc2ccccc2[nH]1. The number of imidazole rings is 1. The van der Waals surface area contributed by atoms with E-state index in [0.29, 0.717) is 12.2 Å². The highest BCUT2D eigenvalue weighted by Gasteiger charge is 2.13. The molecule has 1 heterocycles. The van der Waals surface area contributed by atoms with Crippen molar-refractivity contribution in [2.45, 2.75) is 6.42 Å². The molecule has 0 unspecified atom stereocenters. The molecule has 1 aromatic heterocycles. The Hall–Kier alpha value is -3.06. The summed E-state index contributed by atoms with van der Waals surface area (Å²) in [4.78, 5) is 7.41. The molecule has 4 heteroatoms. The zero-order valence-electron chi connectivity index (χ0n) is 11.2. The first-order valence-corrected chi connectivity index (χ1v) is 6.59. The van der Waals surface area contributed by atoms with Gasteiger partial charge in [-0.15, -0.1) is 0 Å². The standard InChI is InChI=1S/C17H13N3O/c18-11-13(16(21)10-12-6-2-1-3-7-12)17-19-14-8-4-5-9-15(14)20-17/h1-9,21H,10H2,(H,19,20). The Kier molecular flexibility index (Phi) is 3.40. The summed E-state index contributed by atoms with van der Waals surface area (Å²) in [6.45, 7) is 0. The van der Waals surface area contributed by atoms with Crippen LogP contribution in [0.4, 0.5) is 0 Å². The lowest BCUT2D eigenvalue weighted by Gasteiger charge is -2.02. The van der Waals surface area contributed by atoms with E-state index in [0.717, 1.165) is 16.6 Å². The fourth-order valence-electron chi connectivity index (χ4n) is 2.20. The smallest absolute Gasteiger partial charge is 0.152 e. The highest BCUT2D eigenvalue weighted by atomic mass is 16.3. The summed E-state index contributed by atoms with van der Waals surface area (Å²) in [5.74, 6) is 0.412. The normalized spacial score (nSPS) is 12.0. The molecular weight excluding hydrogens is 262 g/mol. The Morgan fingerprint density at radius 2 is 1.81 bits per heavy atom. The number of para-hydroxylation sites is 2. The third-order valence-electron chi connectivity index (χ3n) is 3.24. The number of nitrogens with one attached hydrogen (secondary N) is 1. The molecule has 21 heavy (non-hydrogen) atoms. The monoisotopic (exact) mass is 275 g/mol. The molecule has 0 aliphatic carbocycles. The van der Waals surface area contributed by atoms with Crippen molar-refractivity contribution in [2.24, 2.45) is 0 Å². The van der Waals surface area contributed by atoms with Crippen LogP contribution in [0.15, 0.2) is 60.4 Å². The summed E-state index contributed by atoms with van der Waals surface area (Å²) in [6.07, 6.45) is 0.306. The summed E-state index contributed by atoms with van der Waals surface area (Å²) in [5, 5.41) is 19.6. The van der Waals surface area contributed by atoms with E-state index < -0.39 is 0 Å². The van der Waals surface area contributed by atoms with Crippen LogP contribution in [-0.2, 0) is 6.42 Å². The summed E-state index contributed by atoms with van der Waals surface area (Å²) in [5.41, 5.74) is 2.73. The average Bonchev–Trinajstić information content (AvgIpc) is 2.92. The Morgan fingerprint density at radius 1 is 1.10 bits per heavy atom. The van der Waals surface area contributed by atoms with Gasteiger partial charge in [0.2, 0.25) is 0 Å². The molecule has 102 valence electrons. The van der Waals surface area contributed by atoms with Gasteiger partial charge < -0.3 is 10.1 Å². The number of benzene rings is 2. The largest absolute Gasteiger partial charge is 0.510 e. The van der Waals surface area contributed by atoms with Gasteiger partial charge >= 0.3 is 0 Å². The third-order valence-corrected chi connectivity index (χ3v) is 3.24. The molecule has 0 bridgehead atoms. The van der Waals surface area contributed by atoms with E-state index in [1.54, 1.807) is 0 Å². The summed E-state index contributed by atoms with van der Waals surface area (Å²) >= 11 is 0. The summed E-state index contributed by atoms with van der Waals surface area (Å²) in [6, 6.07) is 19.1. The average molecular weight is 275 g/mol. The van der Waals surface area contributed by atoms with E-state index in [2.05, 4.69) is 9.97 Å². The van der Waals surface area contributed by atoms with Crippen molar-refractivity contribution < 1.29 is 5.11 Å². The van der Waals surface area contributed by atoms with Gasteiger partial charge in [-0.05, 0) is 17.7 Å². The van der Waals surface area contributed by atoms with Crippen molar-refractivity contribution in [1.29, 1.82) is 5.26 Å². The number of H-pyrrole nitrogens is 1. The fourth-order valence-corrected chi connectivity index (χ4v) is 2.20. The van der Waals surface area contributed by atoms with Gasteiger partial charge in [-0.3, -0.25) is 0 Å². The van der Waals surface area contributed by atoms with Gasteiger partial charge in [0.25, 0.3) is 0 Å². The topological polar surface area (TPSA) is 72.7 Å². The van der Waals surface area contributed by atoms with Crippen LogP contribution in [0.5, 0.6) is 0 Å². The number of aromatic nitrogens is 2. The maximum absolute atomic E-state index is 10.2. The van der Waals surface area contributed by atoms with Crippen LogP contribution >= 0.6 is 0 Å². The van der Waals surface area contributed by atoms with Crippen LogP contribution in [0.25, 0.3) is 16.6 Å². The van der Waals surface area contributed by atoms with Gasteiger partial charge in [0.1, 0.15) is 17.4 Å². The van der Waals surface area contributed by atoms with Crippen LogP contribution in [0.1, 0.15) is 11.4 Å². The lowest BCUT2D eigenvalue weighted by Crippen LogP contribution is -1.96. The van der Waals surface area contributed by atoms with Gasteiger partial charge in [-0.2, -0.15) is 5.26 Å². The first-order chi connectivity index (χ1) is 10.3. The molecular formula is C17H13N3O. The Balaban J connectivity index is 2.00. The number of aliphatic hydroxyl groups is 1. The highest BCUT2D eigenvalue weighted by Crippen LogP contribution is 2.20. The van der Waals surface area contributed by atoms with Crippen LogP contribution in [0, 0.1) is 11.3 Å². The zero-order chi connectivity index (χ0) is 14.7. The van der Waals surface area contributed by atoms with Crippen LogP contribution in [-0.4, -0.2) is 15.1 Å². The molecule has 2 N–H and O–H groups in total. The number of hydrogen-bond donors (Lipinski definition) is 2. The molecule has 0 aliphatic heterocycles. The van der Waals surface area contributed by atoms with Crippen molar-refractivity contribution in [2.75, 3.05) is 0 Å². The Labute approximate surface area is 122 Å². The lowest BCUT2D eigenvalue weighted by molar-refractivity contribution is 0.402. The minimum atomic E-state index is 0.0164. The van der Waals surface area contributed by atoms with E-state index in [9.17, 15) is 10.4 Å². The van der Waals surface area contributed by atoms with E-state index in [-0.39, 0.29) is 11.3 Å². The second-order valence-corrected chi connectivity index (χ2v) is 4.70. The minimum absolute atomic E-state index is 0.0164. The molecule has 4 nitrogen and oxygen atoms in total. The van der Waals surface area contributed by atoms with Crippen molar-refractivity contribution in [3.63, 3.8) is 0 Å². The first kappa shape index (κ1) is 12.9. The molecule has 0 saturated heterocycles. The number of nitrogens with zero attached hydrogens (tertiary/aromatic N) is 2. The second kappa shape index (κ2) is 5.51.